The van der Waals surface area contributed by atoms with Crippen molar-refractivity contribution in [1.82, 2.24) is 10.2 Å². The molecule has 4 heteroatoms. The highest BCUT2D eigenvalue weighted by Gasteiger charge is 2.12. The van der Waals surface area contributed by atoms with Crippen molar-refractivity contribution in [2.75, 3.05) is 7.11 Å². The van der Waals surface area contributed by atoms with Crippen LogP contribution in [0.2, 0.25) is 0 Å². The molecule has 1 unspecified atom stereocenters. The van der Waals surface area contributed by atoms with Gasteiger partial charge in [-0.05, 0) is 50.5 Å². The van der Waals surface area contributed by atoms with Gasteiger partial charge in [-0.25, -0.2) is 0 Å². The normalized spacial score (nSPS) is 12.2. The summed E-state index contributed by atoms with van der Waals surface area (Å²) in [6.45, 7) is 3.75. The highest BCUT2D eigenvalue weighted by atomic mass is 16.5. The molecule has 106 valence electrons. The number of benzene rings is 1. The van der Waals surface area contributed by atoms with Gasteiger partial charge >= 0.3 is 0 Å². The summed E-state index contributed by atoms with van der Waals surface area (Å²) in [5, 5.41) is 18.3. The van der Waals surface area contributed by atoms with Crippen LogP contribution < -0.4 is 4.74 Å². The van der Waals surface area contributed by atoms with Crippen LogP contribution in [0, 0.1) is 13.8 Å². The van der Waals surface area contributed by atoms with Crippen molar-refractivity contribution in [3.05, 3.63) is 52.8 Å². The first-order valence-electron chi connectivity index (χ1n) is 6.72. The molecule has 1 N–H and O–H groups in total. The van der Waals surface area contributed by atoms with Crippen molar-refractivity contribution < 1.29 is 9.84 Å². The second-order valence-electron chi connectivity index (χ2n) is 4.93. The zero-order valence-corrected chi connectivity index (χ0v) is 12.1. The van der Waals surface area contributed by atoms with Gasteiger partial charge in [0.2, 0.25) is 0 Å². The van der Waals surface area contributed by atoms with Crippen molar-refractivity contribution in [3.8, 4) is 5.75 Å². The van der Waals surface area contributed by atoms with Gasteiger partial charge in [0.15, 0.2) is 0 Å². The molecule has 0 radical (unpaired) electrons. The summed E-state index contributed by atoms with van der Waals surface area (Å²) in [7, 11) is 1.65. The number of ether oxygens (including phenoxy) is 1. The highest BCUT2D eigenvalue weighted by molar-refractivity contribution is 5.28. The van der Waals surface area contributed by atoms with Crippen molar-refractivity contribution in [3.63, 3.8) is 0 Å². The Morgan fingerprint density at radius 3 is 2.50 bits per heavy atom. The minimum atomic E-state index is -0.508. The Morgan fingerprint density at radius 2 is 1.85 bits per heavy atom. The number of hydrogen-bond donors (Lipinski definition) is 1. The average Bonchev–Trinajstić information content (AvgIpc) is 2.47. The van der Waals surface area contributed by atoms with E-state index in [1.54, 1.807) is 7.11 Å². The molecule has 1 aromatic carbocycles. The summed E-state index contributed by atoms with van der Waals surface area (Å²) < 4.78 is 5.13. The van der Waals surface area contributed by atoms with E-state index in [0.717, 1.165) is 29.1 Å². The van der Waals surface area contributed by atoms with Gasteiger partial charge in [0.25, 0.3) is 0 Å². The van der Waals surface area contributed by atoms with E-state index in [2.05, 4.69) is 10.2 Å². The Balaban J connectivity index is 2.00. The molecule has 0 spiro atoms. The molecule has 0 saturated carbocycles. The van der Waals surface area contributed by atoms with E-state index < -0.39 is 6.10 Å². The summed E-state index contributed by atoms with van der Waals surface area (Å²) in [5.74, 6) is 0.846. The third kappa shape index (κ3) is 3.54. The maximum absolute atomic E-state index is 10.3. The monoisotopic (exact) mass is 272 g/mol. The van der Waals surface area contributed by atoms with Crippen LogP contribution >= 0.6 is 0 Å². The zero-order chi connectivity index (χ0) is 14.5. The maximum atomic E-state index is 10.3. The van der Waals surface area contributed by atoms with E-state index in [9.17, 15) is 5.11 Å². The zero-order valence-electron chi connectivity index (χ0n) is 12.1. The molecular formula is C16H20N2O2. The van der Waals surface area contributed by atoms with Crippen LogP contribution in [0.1, 0.15) is 35.0 Å². The molecule has 0 bridgehead atoms. The molecule has 4 nitrogen and oxygen atoms in total. The highest BCUT2D eigenvalue weighted by Crippen LogP contribution is 2.22. The Kier molecular flexibility index (Phi) is 4.69. The van der Waals surface area contributed by atoms with Crippen molar-refractivity contribution in [2.24, 2.45) is 0 Å². The second-order valence-corrected chi connectivity index (χ2v) is 4.93. The Hall–Kier alpha value is -1.94. The molecule has 20 heavy (non-hydrogen) atoms. The third-order valence-corrected chi connectivity index (χ3v) is 3.36. The summed E-state index contributed by atoms with van der Waals surface area (Å²) in [4.78, 5) is 0. The predicted molar refractivity (Wildman–Crippen MR) is 77.8 cm³/mol. The van der Waals surface area contributed by atoms with Crippen LogP contribution in [0.4, 0.5) is 0 Å². The number of aryl methyl sites for hydroxylation is 3. The summed E-state index contributed by atoms with van der Waals surface area (Å²) in [6, 6.07) is 9.82. The van der Waals surface area contributed by atoms with Crippen molar-refractivity contribution >= 4 is 0 Å². The van der Waals surface area contributed by atoms with E-state index in [4.69, 9.17) is 4.74 Å². The summed E-state index contributed by atoms with van der Waals surface area (Å²) in [6.07, 6.45) is 0.968. The fraction of sp³-hybridized carbons (Fsp3) is 0.375. The smallest absolute Gasteiger partial charge is 0.118 e. The van der Waals surface area contributed by atoms with Crippen LogP contribution in [0.5, 0.6) is 5.75 Å². The van der Waals surface area contributed by atoms with E-state index in [0.29, 0.717) is 6.42 Å². The number of methoxy groups -OCH3 is 1. The van der Waals surface area contributed by atoms with Crippen LogP contribution in [0.25, 0.3) is 0 Å². The largest absolute Gasteiger partial charge is 0.497 e. The number of nitrogens with zero attached hydrogens (tertiary/aromatic N) is 2. The van der Waals surface area contributed by atoms with Gasteiger partial charge in [0.05, 0.1) is 24.6 Å². The first-order chi connectivity index (χ1) is 9.60. The molecule has 0 aliphatic rings. The SMILES string of the molecule is COc1ccc(CCC(O)c2cc(C)nnc2C)cc1. The predicted octanol–water partition coefficient (Wildman–Crippen LogP) is 2.77. The molecular weight excluding hydrogens is 252 g/mol. The molecule has 0 aliphatic carbocycles. The molecule has 0 aliphatic heterocycles. The van der Waals surface area contributed by atoms with Crippen LogP contribution in [-0.2, 0) is 6.42 Å². The standard InChI is InChI=1S/C16H20N2O2/c1-11-10-15(12(2)18-17-11)16(19)9-6-13-4-7-14(20-3)8-5-13/h4-5,7-8,10,16,19H,6,9H2,1-3H3. The molecule has 1 heterocycles. The Bertz CT molecular complexity index is 567. The molecule has 2 rings (SSSR count). The number of aromatic nitrogens is 2. The maximum Gasteiger partial charge on any atom is 0.118 e. The average molecular weight is 272 g/mol. The van der Waals surface area contributed by atoms with Gasteiger partial charge < -0.3 is 9.84 Å². The van der Waals surface area contributed by atoms with E-state index in [1.165, 1.54) is 5.56 Å². The summed E-state index contributed by atoms with van der Waals surface area (Å²) >= 11 is 0. The van der Waals surface area contributed by atoms with Gasteiger partial charge in [-0.3, -0.25) is 0 Å². The topological polar surface area (TPSA) is 55.2 Å². The fourth-order valence-electron chi connectivity index (χ4n) is 2.16. The lowest BCUT2D eigenvalue weighted by Gasteiger charge is -2.13. The van der Waals surface area contributed by atoms with E-state index >= 15 is 0 Å². The quantitative estimate of drug-likeness (QED) is 0.909. The lowest BCUT2D eigenvalue weighted by atomic mass is 10.0. The number of aliphatic hydroxyl groups is 1. The molecule has 0 saturated heterocycles. The van der Waals surface area contributed by atoms with E-state index in [1.807, 2.05) is 44.2 Å². The first kappa shape index (κ1) is 14.5. The van der Waals surface area contributed by atoms with Crippen LogP contribution in [-0.4, -0.2) is 22.4 Å². The number of rotatable bonds is 5. The van der Waals surface area contributed by atoms with E-state index in [-0.39, 0.29) is 0 Å². The lowest BCUT2D eigenvalue weighted by molar-refractivity contribution is 0.166. The number of aliphatic hydroxyl groups excluding tert-OH is 1. The second kappa shape index (κ2) is 6.48. The molecule has 0 amide bonds. The van der Waals surface area contributed by atoms with Crippen LogP contribution in [0.3, 0.4) is 0 Å². The van der Waals surface area contributed by atoms with Crippen molar-refractivity contribution in [2.45, 2.75) is 32.8 Å². The van der Waals surface area contributed by atoms with Gasteiger partial charge in [0.1, 0.15) is 5.75 Å². The van der Waals surface area contributed by atoms with Gasteiger partial charge in [0, 0.05) is 5.56 Å². The third-order valence-electron chi connectivity index (χ3n) is 3.36. The first-order valence-corrected chi connectivity index (χ1v) is 6.72. The minimum absolute atomic E-state index is 0.508. The molecule has 2 aromatic rings. The van der Waals surface area contributed by atoms with Crippen LogP contribution in [0.15, 0.2) is 30.3 Å². The number of hydrogen-bond acceptors (Lipinski definition) is 4. The van der Waals surface area contributed by atoms with Crippen molar-refractivity contribution in [1.29, 1.82) is 0 Å². The summed E-state index contributed by atoms with van der Waals surface area (Å²) in [5.41, 5.74) is 3.67. The fourth-order valence-corrected chi connectivity index (χ4v) is 2.16. The van der Waals surface area contributed by atoms with Gasteiger partial charge in [-0.15, -0.1) is 0 Å². The Morgan fingerprint density at radius 1 is 1.15 bits per heavy atom. The van der Waals surface area contributed by atoms with Gasteiger partial charge in [-0.1, -0.05) is 12.1 Å². The molecule has 0 fully saturated rings. The lowest BCUT2D eigenvalue weighted by Crippen LogP contribution is -2.05. The minimum Gasteiger partial charge on any atom is -0.497 e. The Labute approximate surface area is 119 Å². The molecule has 1 aromatic heterocycles. The van der Waals surface area contributed by atoms with Gasteiger partial charge in [-0.2, -0.15) is 10.2 Å². The molecule has 1 atom stereocenters.